The van der Waals surface area contributed by atoms with E-state index in [1.807, 2.05) is 21.7 Å². The summed E-state index contributed by atoms with van der Waals surface area (Å²) in [5.41, 5.74) is 1.33. The Kier molecular flexibility index (Phi) is 7.19. The van der Waals surface area contributed by atoms with E-state index in [9.17, 15) is 18.0 Å². The maximum Gasteiger partial charge on any atom is 0.354 e. The van der Waals surface area contributed by atoms with Crippen LogP contribution in [0.5, 0.6) is 0 Å². The topological polar surface area (TPSA) is 88.9 Å². The third-order valence-electron chi connectivity index (χ3n) is 6.62. The highest BCUT2D eigenvalue weighted by Crippen LogP contribution is 2.26. The van der Waals surface area contributed by atoms with Crippen LogP contribution in [0.4, 0.5) is 0 Å². The van der Waals surface area contributed by atoms with Gasteiger partial charge in [-0.2, -0.15) is 4.31 Å². The van der Waals surface area contributed by atoms with Gasteiger partial charge in [-0.15, -0.1) is 0 Å². The zero-order valence-electron chi connectivity index (χ0n) is 19.0. The number of carbonyl (C=O) groups excluding carboxylic acids is 2. The SMILES string of the molecule is COC(=O)c1cccn1C1CCN(C(=O)Cc2ccc(S(=O)(=O)N3CCCCC3)cc2)CC1. The van der Waals surface area contributed by atoms with Crippen molar-refractivity contribution < 1.29 is 22.7 Å². The number of amides is 1. The molecule has 9 heteroatoms. The first kappa shape index (κ1) is 23.5. The molecule has 8 nitrogen and oxygen atoms in total. The number of piperidine rings is 2. The van der Waals surface area contributed by atoms with E-state index in [2.05, 4.69) is 0 Å². The standard InChI is InChI=1S/C24H31N3O5S/c1-32-24(29)22-6-5-15-27(22)20-11-16-25(17-12-20)23(28)18-19-7-9-21(10-8-19)33(30,31)26-13-3-2-4-14-26/h5-10,15,20H,2-4,11-14,16-18H2,1H3. The average molecular weight is 474 g/mol. The molecule has 33 heavy (non-hydrogen) atoms. The van der Waals surface area contributed by atoms with Crippen LogP contribution in [0.2, 0.25) is 0 Å². The Hall–Kier alpha value is -2.65. The van der Waals surface area contributed by atoms with E-state index in [0.717, 1.165) is 37.7 Å². The highest BCUT2D eigenvalue weighted by Gasteiger charge is 2.27. The van der Waals surface area contributed by atoms with Crippen LogP contribution in [-0.2, 0) is 26.0 Å². The van der Waals surface area contributed by atoms with Gasteiger partial charge in [-0.3, -0.25) is 4.79 Å². The smallest absolute Gasteiger partial charge is 0.354 e. The molecule has 2 aliphatic heterocycles. The number of likely N-dealkylation sites (tertiary alicyclic amines) is 1. The molecule has 2 saturated heterocycles. The molecule has 1 aromatic carbocycles. The lowest BCUT2D eigenvalue weighted by molar-refractivity contribution is -0.131. The predicted octanol–water partition coefficient (Wildman–Crippen LogP) is 2.86. The molecule has 2 aromatic rings. The second-order valence-corrected chi connectivity index (χ2v) is 10.6. The van der Waals surface area contributed by atoms with Gasteiger partial charge in [0.05, 0.1) is 18.4 Å². The molecule has 0 saturated carbocycles. The third kappa shape index (κ3) is 5.14. The molecule has 0 N–H and O–H groups in total. The fourth-order valence-electron chi connectivity index (χ4n) is 4.70. The van der Waals surface area contributed by atoms with Crippen molar-refractivity contribution in [2.24, 2.45) is 0 Å². The number of benzene rings is 1. The molecule has 0 aliphatic carbocycles. The zero-order chi connectivity index (χ0) is 23.4. The summed E-state index contributed by atoms with van der Waals surface area (Å²) in [6.45, 7) is 2.37. The van der Waals surface area contributed by atoms with Crippen molar-refractivity contribution in [2.75, 3.05) is 33.3 Å². The van der Waals surface area contributed by atoms with E-state index in [0.29, 0.717) is 31.9 Å². The number of sulfonamides is 1. The normalized spacial score (nSPS) is 18.3. The van der Waals surface area contributed by atoms with E-state index in [4.69, 9.17) is 4.74 Å². The summed E-state index contributed by atoms with van der Waals surface area (Å²) in [4.78, 5) is 26.9. The van der Waals surface area contributed by atoms with Gasteiger partial charge in [0.2, 0.25) is 15.9 Å². The molecule has 0 bridgehead atoms. The number of ether oxygens (including phenoxy) is 1. The van der Waals surface area contributed by atoms with Crippen molar-refractivity contribution >= 4 is 21.9 Å². The Morgan fingerprint density at radius 1 is 0.970 bits per heavy atom. The van der Waals surface area contributed by atoms with Gasteiger partial charge in [-0.05, 0) is 55.5 Å². The third-order valence-corrected chi connectivity index (χ3v) is 8.53. The van der Waals surface area contributed by atoms with Crippen LogP contribution in [0.25, 0.3) is 0 Å². The lowest BCUT2D eigenvalue weighted by Gasteiger charge is -2.33. The summed E-state index contributed by atoms with van der Waals surface area (Å²) in [6.07, 6.45) is 6.52. The van der Waals surface area contributed by atoms with Crippen molar-refractivity contribution in [2.45, 2.75) is 49.5 Å². The molecule has 3 heterocycles. The summed E-state index contributed by atoms with van der Waals surface area (Å²) in [6, 6.07) is 10.4. The molecule has 1 aromatic heterocycles. The molecule has 0 atom stereocenters. The lowest BCUT2D eigenvalue weighted by Crippen LogP contribution is -2.40. The first-order chi connectivity index (χ1) is 15.9. The number of hydrogen-bond acceptors (Lipinski definition) is 5. The minimum absolute atomic E-state index is 0.0285. The quantitative estimate of drug-likeness (QED) is 0.602. The van der Waals surface area contributed by atoms with Gasteiger partial charge in [0.1, 0.15) is 5.69 Å². The van der Waals surface area contributed by atoms with E-state index in [1.165, 1.54) is 7.11 Å². The van der Waals surface area contributed by atoms with Crippen molar-refractivity contribution in [3.8, 4) is 0 Å². The molecular weight excluding hydrogens is 442 g/mol. The molecule has 1 amide bonds. The van der Waals surface area contributed by atoms with Crippen molar-refractivity contribution in [1.29, 1.82) is 0 Å². The summed E-state index contributed by atoms with van der Waals surface area (Å²) >= 11 is 0. The van der Waals surface area contributed by atoms with Crippen LogP contribution in [-0.4, -0.2) is 67.4 Å². The molecule has 4 rings (SSSR count). The lowest BCUT2D eigenvalue weighted by atomic mass is 10.0. The van der Waals surface area contributed by atoms with Crippen LogP contribution in [0, 0.1) is 0 Å². The molecule has 0 unspecified atom stereocenters. The maximum atomic E-state index is 12.8. The van der Waals surface area contributed by atoms with Gasteiger partial charge in [0.25, 0.3) is 0 Å². The minimum atomic E-state index is -3.46. The highest BCUT2D eigenvalue weighted by molar-refractivity contribution is 7.89. The number of carbonyl (C=O) groups is 2. The number of rotatable bonds is 6. The van der Waals surface area contributed by atoms with Gasteiger partial charge in [0, 0.05) is 38.4 Å². The van der Waals surface area contributed by atoms with Crippen LogP contribution < -0.4 is 0 Å². The van der Waals surface area contributed by atoms with Gasteiger partial charge < -0.3 is 14.2 Å². The number of nitrogens with zero attached hydrogens (tertiary/aromatic N) is 3. The molecule has 178 valence electrons. The molecule has 2 fully saturated rings. The predicted molar refractivity (Wildman–Crippen MR) is 123 cm³/mol. The molecule has 0 spiro atoms. The van der Waals surface area contributed by atoms with E-state index >= 15 is 0 Å². The fourth-order valence-corrected chi connectivity index (χ4v) is 6.22. The maximum absolute atomic E-state index is 12.8. The Bertz CT molecular complexity index is 1080. The number of hydrogen-bond donors (Lipinski definition) is 0. The van der Waals surface area contributed by atoms with Crippen LogP contribution >= 0.6 is 0 Å². The summed E-state index contributed by atoms with van der Waals surface area (Å²) in [7, 11) is -2.09. The highest BCUT2D eigenvalue weighted by atomic mass is 32.2. The minimum Gasteiger partial charge on any atom is -0.464 e. The Labute approximate surface area is 195 Å². The van der Waals surface area contributed by atoms with Gasteiger partial charge in [-0.25, -0.2) is 13.2 Å². The van der Waals surface area contributed by atoms with Crippen molar-refractivity contribution in [3.63, 3.8) is 0 Å². The Morgan fingerprint density at radius 2 is 1.64 bits per heavy atom. The van der Waals surface area contributed by atoms with E-state index in [1.54, 1.807) is 34.6 Å². The second-order valence-electron chi connectivity index (χ2n) is 8.69. The Balaban J connectivity index is 1.33. The number of aromatic nitrogens is 1. The van der Waals surface area contributed by atoms with Gasteiger partial charge in [0.15, 0.2) is 0 Å². The van der Waals surface area contributed by atoms with Crippen LogP contribution in [0.1, 0.15) is 54.2 Å². The average Bonchev–Trinajstić information content (AvgIpc) is 3.34. The largest absolute Gasteiger partial charge is 0.464 e. The Morgan fingerprint density at radius 3 is 2.27 bits per heavy atom. The number of methoxy groups -OCH3 is 1. The second kappa shape index (κ2) is 10.1. The van der Waals surface area contributed by atoms with Crippen LogP contribution in [0.15, 0.2) is 47.5 Å². The van der Waals surface area contributed by atoms with E-state index in [-0.39, 0.29) is 29.2 Å². The molecular formula is C24H31N3O5S. The summed E-state index contributed by atoms with van der Waals surface area (Å²) in [5, 5.41) is 0. The fraction of sp³-hybridized carbons (Fsp3) is 0.500. The van der Waals surface area contributed by atoms with Gasteiger partial charge >= 0.3 is 5.97 Å². The van der Waals surface area contributed by atoms with Crippen molar-refractivity contribution in [3.05, 3.63) is 53.9 Å². The van der Waals surface area contributed by atoms with E-state index < -0.39 is 10.0 Å². The number of esters is 1. The first-order valence-electron chi connectivity index (χ1n) is 11.5. The first-order valence-corrected chi connectivity index (χ1v) is 13.0. The van der Waals surface area contributed by atoms with Crippen LogP contribution in [0.3, 0.4) is 0 Å². The van der Waals surface area contributed by atoms with Gasteiger partial charge in [-0.1, -0.05) is 18.6 Å². The summed E-state index contributed by atoms with van der Waals surface area (Å²) in [5.74, 6) is -0.329. The molecule has 2 aliphatic rings. The van der Waals surface area contributed by atoms with Crippen molar-refractivity contribution in [1.82, 2.24) is 13.8 Å². The zero-order valence-corrected chi connectivity index (χ0v) is 19.8. The summed E-state index contributed by atoms with van der Waals surface area (Å²) < 4.78 is 33.9. The molecule has 0 radical (unpaired) electrons. The monoisotopic (exact) mass is 473 g/mol.